The van der Waals surface area contributed by atoms with Gasteiger partial charge in [-0.25, -0.2) is 13.8 Å². The third-order valence-corrected chi connectivity index (χ3v) is 5.06. The van der Waals surface area contributed by atoms with Gasteiger partial charge in [0.05, 0.1) is 16.6 Å². The molecule has 0 spiro atoms. The molecule has 0 saturated heterocycles. The number of rotatable bonds is 4. The van der Waals surface area contributed by atoms with Gasteiger partial charge in [0.15, 0.2) is 5.16 Å². The average molecular weight is 380 g/mol. The van der Waals surface area contributed by atoms with Gasteiger partial charge in [-0.3, -0.25) is 9.36 Å². The lowest BCUT2D eigenvalue weighted by molar-refractivity contribution is 0.581. The van der Waals surface area contributed by atoms with Crippen molar-refractivity contribution in [3.8, 4) is 5.69 Å². The molecule has 0 bridgehead atoms. The topological polar surface area (TPSA) is 34.9 Å². The lowest BCUT2D eigenvalue weighted by Gasteiger charge is -2.13. The van der Waals surface area contributed by atoms with Crippen molar-refractivity contribution in [2.24, 2.45) is 0 Å². The summed E-state index contributed by atoms with van der Waals surface area (Å²) < 4.78 is 28.4. The van der Waals surface area contributed by atoms with E-state index in [1.165, 1.54) is 28.5 Å². The molecule has 27 heavy (non-hydrogen) atoms. The standard InChI is InChI=1S/C21H14F2N2OS/c22-15-10-14(11-16(23)12-15)13-27-21-24-19-9-5-4-8-18(19)20(26)25(21)17-6-2-1-3-7-17/h1-12H,13H2. The summed E-state index contributed by atoms with van der Waals surface area (Å²) in [4.78, 5) is 17.7. The largest absolute Gasteiger partial charge is 0.268 e. The highest BCUT2D eigenvalue weighted by molar-refractivity contribution is 7.98. The van der Waals surface area contributed by atoms with E-state index < -0.39 is 11.6 Å². The normalized spacial score (nSPS) is 11.0. The van der Waals surface area contributed by atoms with Gasteiger partial charge in [0.25, 0.3) is 5.56 Å². The summed E-state index contributed by atoms with van der Waals surface area (Å²) in [5, 5.41) is 0.983. The summed E-state index contributed by atoms with van der Waals surface area (Å²) in [6, 6.07) is 19.7. The molecule has 0 atom stereocenters. The van der Waals surface area contributed by atoms with Crippen LogP contribution in [0.25, 0.3) is 16.6 Å². The quantitative estimate of drug-likeness (QED) is 0.371. The van der Waals surface area contributed by atoms with E-state index in [0.29, 0.717) is 27.3 Å². The molecule has 1 aromatic heterocycles. The minimum absolute atomic E-state index is 0.181. The third kappa shape index (κ3) is 3.61. The van der Waals surface area contributed by atoms with Crippen LogP contribution in [0.15, 0.2) is 82.7 Å². The van der Waals surface area contributed by atoms with Gasteiger partial charge < -0.3 is 0 Å². The number of benzene rings is 3. The molecule has 6 heteroatoms. The zero-order chi connectivity index (χ0) is 18.8. The van der Waals surface area contributed by atoms with Crippen LogP contribution in [0.4, 0.5) is 8.78 Å². The number of para-hydroxylation sites is 2. The Labute approximate surface area is 158 Å². The van der Waals surface area contributed by atoms with Gasteiger partial charge in [0.1, 0.15) is 11.6 Å². The van der Waals surface area contributed by atoms with Crippen LogP contribution in [0.2, 0.25) is 0 Å². The van der Waals surface area contributed by atoms with Gasteiger partial charge in [-0.1, -0.05) is 42.1 Å². The van der Waals surface area contributed by atoms with Gasteiger partial charge in [0.2, 0.25) is 0 Å². The maximum absolute atomic E-state index is 13.5. The maximum atomic E-state index is 13.5. The van der Waals surface area contributed by atoms with Gasteiger partial charge in [-0.15, -0.1) is 0 Å². The lowest BCUT2D eigenvalue weighted by atomic mass is 10.2. The molecule has 0 aliphatic carbocycles. The minimum atomic E-state index is -0.627. The predicted molar refractivity (Wildman–Crippen MR) is 103 cm³/mol. The second kappa shape index (κ2) is 7.32. The highest BCUT2D eigenvalue weighted by Crippen LogP contribution is 2.25. The molecule has 0 saturated carbocycles. The van der Waals surface area contributed by atoms with Crippen molar-refractivity contribution in [2.45, 2.75) is 10.9 Å². The predicted octanol–water partition coefficient (Wildman–Crippen LogP) is 4.96. The fourth-order valence-electron chi connectivity index (χ4n) is 2.86. The Morgan fingerprint density at radius 2 is 1.56 bits per heavy atom. The van der Waals surface area contributed by atoms with Crippen LogP contribution >= 0.6 is 11.8 Å². The first-order valence-electron chi connectivity index (χ1n) is 8.27. The maximum Gasteiger partial charge on any atom is 0.266 e. The van der Waals surface area contributed by atoms with Crippen molar-refractivity contribution in [3.63, 3.8) is 0 Å². The Morgan fingerprint density at radius 3 is 2.30 bits per heavy atom. The van der Waals surface area contributed by atoms with E-state index in [4.69, 9.17) is 0 Å². The van der Waals surface area contributed by atoms with Crippen LogP contribution in [0, 0.1) is 11.6 Å². The molecule has 3 nitrogen and oxygen atoms in total. The van der Waals surface area contributed by atoms with E-state index in [-0.39, 0.29) is 11.3 Å². The molecule has 4 aromatic rings. The van der Waals surface area contributed by atoms with Crippen LogP contribution < -0.4 is 5.56 Å². The second-order valence-corrected chi connectivity index (χ2v) is 6.90. The summed E-state index contributed by atoms with van der Waals surface area (Å²) in [5.41, 5.74) is 1.58. The second-order valence-electron chi connectivity index (χ2n) is 5.95. The summed E-state index contributed by atoms with van der Waals surface area (Å²) in [6.45, 7) is 0. The van der Waals surface area contributed by atoms with E-state index in [1.54, 1.807) is 18.2 Å². The highest BCUT2D eigenvalue weighted by atomic mass is 32.2. The summed E-state index contributed by atoms with van der Waals surface area (Å²) in [5.74, 6) is -0.971. The Hall–Kier alpha value is -2.99. The number of thioether (sulfide) groups is 1. The highest BCUT2D eigenvalue weighted by Gasteiger charge is 2.13. The van der Waals surface area contributed by atoms with E-state index in [9.17, 15) is 13.6 Å². The zero-order valence-electron chi connectivity index (χ0n) is 14.1. The van der Waals surface area contributed by atoms with Gasteiger partial charge in [-0.05, 0) is 42.0 Å². The molecule has 4 rings (SSSR count). The first-order chi connectivity index (χ1) is 13.1. The van der Waals surface area contributed by atoms with E-state index in [0.717, 1.165) is 6.07 Å². The Bertz CT molecular complexity index is 1160. The molecule has 0 aliphatic rings. The van der Waals surface area contributed by atoms with Crippen molar-refractivity contribution in [2.75, 3.05) is 0 Å². The number of hydrogen-bond donors (Lipinski definition) is 0. The third-order valence-electron chi connectivity index (χ3n) is 4.05. The number of fused-ring (bicyclic) bond motifs is 1. The van der Waals surface area contributed by atoms with Crippen molar-refractivity contribution >= 4 is 22.7 Å². The number of aromatic nitrogens is 2. The van der Waals surface area contributed by atoms with Crippen molar-refractivity contribution in [1.82, 2.24) is 9.55 Å². The number of nitrogens with zero attached hydrogens (tertiary/aromatic N) is 2. The number of halogens is 2. The van der Waals surface area contributed by atoms with Crippen LogP contribution in [0.3, 0.4) is 0 Å². The van der Waals surface area contributed by atoms with Gasteiger partial charge in [0, 0.05) is 11.8 Å². The molecule has 1 heterocycles. The first-order valence-corrected chi connectivity index (χ1v) is 9.25. The van der Waals surface area contributed by atoms with E-state index in [2.05, 4.69) is 4.98 Å². The Kier molecular flexibility index (Phi) is 4.73. The monoisotopic (exact) mass is 380 g/mol. The summed E-state index contributed by atoms with van der Waals surface area (Å²) in [7, 11) is 0. The molecular formula is C21H14F2N2OS. The Morgan fingerprint density at radius 1 is 0.889 bits per heavy atom. The first kappa shape index (κ1) is 17.4. The van der Waals surface area contributed by atoms with Crippen LogP contribution in [0.1, 0.15) is 5.56 Å². The SMILES string of the molecule is O=c1c2ccccc2nc(SCc2cc(F)cc(F)c2)n1-c1ccccc1. The molecular weight excluding hydrogens is 366 g/mol. The van der Waals surface area contributed by atoms with Crippen LogP contribution in [-0.2, 0) is 5.75 Å². The number of hydrogen-bond acceptors (Lipinski definition) is 3. The summed E-state index contributed by atoms with van der Waals surface area (Å²) >= 11 is 1.26. The van der Waals surface area contributed by atoms with Crippen molar-refractivity contribution in [1.29, 1.82) is 0 Å². The molecule has 0 aliphatic heterocycles. The minimum Gasteiger partial charge on any atom is -0.268 e. The molecule has 0 fully saturated rings. The van der Waals surface area contributed by atoms with Gasteiger partial charge in [-0.2, -0.15) is 0 Å². The van der Waals surface area contributed by atoms with Crippen molar-refractivity contribution in [3.05, 3.63) is 100 Å². The zero-order valence-corrected chi connectivity index (χ0v) is 14.9. The van der Waals surface area contributed by atoms with Crippen molar-refractivity contribution < 1.29 is 8.78 Å². The fourth-order valence-corrected chi connectivity index (χ4v) is 3.80. The van der Waals surface area contributed by atoms with E-state index in [1.807, 2.05) is 36.4 Å². The molecule has 3 aromatic carbocycles. The molecule has 0 unspecified atom stereocenters. The fraction of sp³-hybridized carbons (Fsp3) is 0.0476. The van der Waals surface area contributed by atoms with Gasteiger partial charge >= 0.3 is 0 Å². The van der Waals surface area contributed by atoms with E-state index >= 15 is 0 Å². The average Bonchev–Trinajstić information content (AvgIpc) is 2.66. The molecule has 0 radical (unpaired) electrons. The van der Waals surface area contributed by atoms with Crippen LogP contribution in [0.5, 0.6) is 0 Å². The van der Waals surface area contributed by atoms with Crippen LogP contribution in [-0.4, -0.2) is 9.55 Å². The lowest BCUT2D eigenvalue weighted by Crippen LogP contribution is -2.21. The molecule has 134 valence electrons. The molecule has 0 amide bonds. The smallest absolute Gasteiger partial charge is 0.266 e. The summed E-state index contributed by atoms with van der Waals surface area (Å²) in [6.07, 6.45) is 0. The Balaban J connectivity index is 1.82. The molecule has 0 N–H and O–H groups in total.